The number of hydrogen-bond donors (Lipinski definition) is 0. The first-order valence-electron chi connectivity index (χ1n) is 7.34. The average molecular weight is 287 g/mol. The van der Waals surface area contributed by atoms with Crippen molar-refractivity contribution in [1.29, 1.82) is 0 Å². The summed E-state index contributed by atoms with van der Waals surface area (Å²) in [6.07, 6.45) is 2.59. The molecule has 0 spiro atoms. The Morgan fingerprint density at radius 1 is 1.38 bits per heavy atom. The van der Waals surface area contributed by atoms with E-state index in [-0.39, 0.29) is 0 Å². The molecule has 2 heterocycles. The number of ether oxygens (including phenoxy) is 2. The van der Waals surface area contributed by atoms with Crippen molar-refractivity contribution in [1.82, 2.24) is 9.97 Å². The Kier molecular flexibility index (Phi) is 4.31. The molecule has 0 N–H and O–H groups in total. The zero-order valence-electron chi connectivity index (χ0n) is 12.6. The molecule has 0 unspecified atom stereocenters. The molecule has 0 radical (unpaired) electrons. The number of methoxy groups -OCH3 is 1. The summed E-state index contributed by atoms with van der Waals surface area (Å²) in [5.74, 6) is 1.01. The number of benzene rings is 1. The maximum absolute atomic E-state index is 5.63. The Labute approximate surface area is 124 Å². The third-order valence-corrected chi connectivity index (χ3v) is 3.92. The molecule has 0 bridgehead atoms. The first kappa shape index (κ1) is 14.2. The lowest BCUT2D eigenvalue weighted by atomic mass is 10.1. The molecule has 112 valence electrons. The average Bonchev–Trinajstić information content (AvgIpc) is 2.52. The molecule has 1 aliphatic heterocycles. The molecule has 1 fully saturated rings. The normalized spacial score (nSPS) is 19.1. The van der Waals surface area contributed by atoms with Crippen molar-refractivity contribution >= 4 is 16.7 Å². The van der Waals surface area contributed by atoms with Gasteiger partial charge in [0.15, 0.2) is 0 Å². The van der Waals surface area contributed by atoms with Crippen molar-refractivity contribution in [2.45, 2.75) is 19.4 Å². The fraction of sp³-hybridized carbons (Fsp3) is 0.500. The summed E-state index contributed by atoms with van der Waals surface area (Å²) in [5, 5.41) is 1.11. The van der Waals surface area contributed by atoms with Gasteiger partial charge in [-0.15, -0.1) is 0 Å². The third kappa shape index (κ3) is 2.99. The van der Waals surface area contributed by atoms with Crippen LogP contribution in [0.4, 0.5) is 5.82 Å². The Balaban J connectivity index is 1.98. The minimum atomic E-state index is 0.303. The summed E-state index contributed by atoms with van der Waals surface area (Å²) < 4.78 is 10.8. The molecule has 5 heteroatoms. The minimum Gasteiger partial charge on any atom is -0.385 e. The predicted octanol–water partition coefficient (Wildman–Crippen LogP) is 2.18. The Bertz CT molecular complexity index is 617. The van der Waals surface area contributed by atoms with Gasteiger partial charge in [-0.3, -0.25) is 0 Å². The van der Waals surface area contributed by atoms with Crippen LogP contribution in [0, 0.1) is 6.92 Å². The van der Waals surface area contributed by atoms with Crippen LogP contribution in [0.3, 0.4) is 0 Å². The lowest BCUT2D eigenvalue weighted by Gasteiger charge is -2.37. The fourth-order valence-electron chi connectivity index (χ4n) is 2.81. The second kappa shape index (κ2) is 6.37. The molecule has 3 rings (SSSR count). The molecule has 0 aliphatic carbocycles. The van der Waals surface area contributed by atoms with Crippen LogP contribution in [0.5, 0.6) is 0 Å². The van der Waals surface area contributed by atoms with E-state index >= 15 is 0 Å². The molecule has 2 aromatic rings. The van der Waals surface area contributed by atoms with Crippen molar-refractivity contribution in [3.63, 3.8) is 0 Å². The van der Waals surface area contributed by atoms with Crippen molar-refractivity contribution in [2.75, 3.05) is 38.4 Å². The molecule has 0 saturated carbocycles. The molecule has 1 aliphatic rings. The predicted molar refractivity (Wildman–Crippen MR) is 82.7 cm³/mol. The quantitative estimate of drug-likeness (QED) is 0.862. The Hall–Kier alpha value is -1.72. The molecule has 1 saturated heterocycles. The smallest absolute Gasteiger partial charge is 0.140 e. The summed E-state index contributed by atoms with van der Waals surface area (Å²) in [6.45, 7) is 5.14. The molecule has 1 atom stereocenters. The lowest BCUT2D eigenvalue weighted by molar-refractivity contribution is 0.0795. The zero-order valence-corrected chi connectivity index (χ0v) is 12.6. The topological polar surface area (TPSA) is 47.5 Å². The van der Waals surface area contributed by atoms with E-state index in [0.29, 0.717) is 6.04 Å². The summed E-state index contributed by atoms with van der Waals surface area (Å²) in [4.78, 5) is 11.3. The third-order valence-electron chi connectivity index (χ3n) is 3.92. The second-order valence-electron chi connectivity index (χ2n) is 5.42. The van der Waals surface area contributed by atoms with Gasteiger partial charge in [0.25, 0.3) is 0 Å². The number of rotatable bonds is 4. The maximum Gasteiger partial charge on any atom is 0.140 e. The van der Waals surface area contributed by atoms with Gasteiger partial charge in [-0.2, -0.15) is 0 Å². The van der Waals surface area contributed by atoms with Crippen molar-refractivity contribution in [2.24, 2.45) is 0 Å². The van der Waals surface area contributed by atoms with Crippen LogP contribution in [0.25, 0.3) is 10.9 Å². The molecule has 1 aromatic carbocycles. The highest BCUT2D eigenvalue weighted by molar-refractivity contribution is 5.90. The molecular formula is C16H21N3O2. The van der Waals surface area contributed by atoms with Crippen LogP contribution in [-0.2, 0) is 9.47 Å². The standard InChI is InChI=1S/C16H21N3O2/c1-12-3-4-15-14(9-12)16(18-11-17-15)19-6-8-21-10-13(19)5-7-20-2/h3-4,9,11,13H,5-8,10H2,1-2H3/t13-/m1/s1. The maximum atomic E-state index is 5.63. The first-order valence-corrected chi connectivity index (χ1v) is 7.34. The molecule has 21 heavy (non-hydrogen) atoms. The number of nitrogens with zero attached hydrogens (tertiary/aromatic N) is 3. The SMILES string of the molecule is COCC[C@@H]1COCCN1c1ncnc2ccc(C)cc12. The number of fused-ring (bicyclic) bond motifs is 1. The highest BCUT2D eigenvalue weighted by Gasteiger charge is 2.25. The second-order valence-corrected chi connectivity index (χ2v) is 5.42. The fourth-order valence-corrected chi connectivity index (χ4v) is 2.81. The monoisotopic (exact) mass is 287 g/mol. The lowest BCUT2D eigenvalue weighted by Crippen LogP contribution is -2.46. The van der Waals surface area contributed by atoms with Crippen LogP contribution >= 0.6 is 0 Å². The number of aromatic nitrogens is 2. The Morgan fingerprint density at radius 3 is 3.14 bits per heavy atom. The molecule has 0 amide bonds. The molecule has 5 nitrogen and oxygen atoms in total. The van der Waals surface area contributed by atoms with Gasteiger partial charge in [0.2, 0.25) is 0 Å². The highest BCUT2D eigenvalue weighted by atomic mass is 16.5. The van der Waals surface area contributed by atoms with E-state index in [9.17, 15) is 0 Å². The van der Waals surface area contributed by atoms with E-state index in [4.69, 9.17) is 9.47 Å². The first-order chi connectivity index (χ1) is 10.3. The van der Waals surface area contributed by atoms with E-state index < -0.39 is 0 Å². The summed E-state index contributed by atoms with van der Waals surface area (Å²) in [5.41, 5.74) is 2.21. The van der Waals surface area contributed by atoms with Gasteiger partial charge in [-0.25, -0.2) is 9.97 Å². The van der Waals surface area contributed by atoms with Crippen LogP contribution < -0.4 is 4.90 Å². The van der Waals surface area contributed by atoms with Gasteiger partial charge in [0.05, 0.1) is 24.8 Å². The largest absolute Gasteiger partial charge is 0.385 e. The van der Waals surface area contributed by atoms with Crippen LogP contribution in [-0.4, -0.2) is 49.5 Å². The van der Waals surface area contributed by atoms with Gasteiger partial charge >= 0.3 is 0 Å². The number of morpholine rings is 1. The van der Waals surface area contributed by atoms with E-state index in [1.807, 2.05) is 0 Å². The summed E-state index contributed by atoms with van der Waals surface area (Å²) in [7, 11) is 1.73. The molecule has 1 aromatic heterocycles. The zero-order chi connectivity index (χ0) is 14.7. The van der Waals surface area contributed by atoms with E-state index in [2.05, 4.69) is 40.0 Å². The number of aryl methyl sites for hydroxylation is 1. The van der Waals surface area contributed by atoms with Crippen molar-refractivity contribution < 1.29 is 9.47 Å². The van der Waals surface area contributed by atoms with Gasteiger partial charge in [-0.05, 0) is 25.5 Å². The van der Waals surface area contributed by atoms with Crippen LogP contribution in [0.2, 0.25) is 0 Å². The number of hydrogen-bond acceptors (Lipinski definition) is 5. The van der Waals surface area contributed by atoms with E-state index in [1.54, 1.807) is 13.4 Å². The number of anilines is 1. The molecular weight excluding hydrogens is 266 g/mol. The highest BCUT2D eigenvalue weighted by Crippen LogP contribution is 2.27. The summed E-state index contributed by atoms with van der Waals surface area (Å²) >= 11 is 0. The minimum absolute atomic E-state index is 0.303. The van der Waals surface area contributed by atoms with E-state index in [1.165, 1.54) is 5.56 Å². The Morgan fingerprint density at radius 2 is 2.29 bits per heavy atom. The van der Waals surface area contributed by atoms with Crippen LogP contribution in [0.15, 0.2) is 24.5 Å². The van der Waals surface area contributed by atoms with Crippen molar-refractivity contribution in [3.8, 4) is 0 Å². The van der Waals surface area contributed by atoms with Gasteiger partial charge in [0.1, 0.15) is 12.1 Å². The van der Waals surface area contributed by atoms with Gasteiger partial charge < -0.3 is 14.4 Å². The van der Waals surface area contributed by atoms with Crippen molar-refractivity contribution in [3.05, 3.63) is 30.1 Å². The summed E-state index contributed by atoms with van der Waals surface area (Å²) in [6, 6.07) is 6.60. The van der Waals surface area contributed by atoms with E-state index in [0.717, 1.165) is 49.5 Å². The van der Waals surface area contributed by atoms with Crippen LogP contribution in [0.1, 0.15) is 12.0 Å². The van der Waals surface area contributed by atoms with Gasteiger partial charge in [-0.1, -0.05) is 11.6 Å². The van der Waals surface area contributed by atoms with Gasteiger partial charge in [0, 0.05) is 25.6 Å².